The number of carbonyl (C=O) groups excluding carboxylic acids is 1. The van der Waals surface area contributed by atoms with E-state index in [1.807, 2.05) is 0 Å². The summed E-state index contributed by atoms with van der Waals surface area (Å²) in [6, 6.07) is 2.01. The van der Waals surface area contributed by atoms with Crippen molar-refractivity contribution in [3.05, 3.63) is 43.5 Å². The van der Waals surface area contributed by atoms with E-state index >= 15 is 0 Å². The Morgan fingerprint density at radius 2 is 1.74 bits per heavy atom. The number of nitrogens with one attached hydrogen (secondary N) is 1. The number of rotatable bonds is 4. The van der Waals surface area contributed by atoms with Crippen molar-refractivity contribution in [2.75, 3.05) is 0 Å². The zero-order valence-corrected chi connectivity index (χ0v) is 12.7. The summed E-state index contributed by atoms with van der Waals surface area (Å²) in [4.78, 5) is 32.8. The van der Waals surface area contributed by atoms with Crippen molar-refractivity contribution < 1.29 is 20.1 Å². The SMILES string of the molecule is Cc1c(C(=O)NC2CCCCC2)cc([N+](=O)[O-])cc1[N+](=O)[O-].O. The number of hydrogen-bond donors (Lipinski definition) is 1. The van der Waals surface area contributed by atoms with E-state index < -0.39 is 27.1 Å². The Bertz CT molecular complexity index is 625. The monoisotopic (exact) mass is 325 g/mol. The molecule has 1 aromatic rings. The van der Waals surface area contributed by atoms with Crippen LogP contribution in [0, 0.1) is 27.2 Å². The lowest BCUT2D eigenvalue weighted by Crippen LogP contribution is -2.36. The second-order valence-electron chi connectivity index (χ2n) is 5.46. The highest BCUT2D eigenvalue weighted by atomic mass is 16.6. The van der Waals surface area contributed by atoms with Crippen LogP contribution < -0.4 is 5.32 Å². The van der Waals surface area contributed by atoms with Gasteiger partial charge in [0.05, 0.1) is 21.5 Å². The van der Waals surface area contributed by atoms with Crippen LogP contribution in [0.5, 0.6) is 0 Å². The summed E-state index contributed by atoms with van der Waals surface area (Å²) in [7, 11) is 0. The van der Waals surface area contributed by atoms with Gasteiger partial charge in [0.25, 0.3) is 17.3 Å². The summed E-state index contributed by atoms with van der Waals surface area (Å²) < 4.78 is 0. The number of nitro benzene ring substituents is 2. The maximum atomic E-state index is 12.3. The number of amides is 1. The third kappa shape index (κ3) is 4.22. The molecule has 0 radical (unpaired) electrons. The van der Waals surface area contributed by atoms with E-state index in [0.29, 0.717) is 0 Å². The Balaban J connectivity index is 0.00000264. The summed E-state index contributed by atoms with van der Waals surface area (Å²) in [5, 5.41) is 24.7. The van der Waals surface area contributed by atoms with Gasteiger partial charge in [-0.3, -0.25) is 25.0 Å². The number of nitrogens with zero attached hydrogens (tertiary/aromatic N) is 2. The van der Waals surface area contributed by atoms with Crippen LogP contribution in [0.15, 0.2) is 12.1 Å². The number of nitro groups is 2. The van der Waals surface area contributed by atoms with Crippen molar-refractivity contribution in [1.82, 2.24) is 5.32 Å². The van der Waals surface area contributed by atoms with Crippen LogP contribution in [0.3, 0.4) is 0 Å². The predicted molar refractivity (Wildman–Crippen MR) is 82.4 cm³/mol. The van der Waals surface area contributed by atoms with Gasteiger partial charge < -0.3 is 10.8 Å². The molecule has 9 nitrogen and oxygen atoms in total. The molecule has 23 heavy (non-hydrogen) atoms. The van der Waals surface area contributed by atoms with Crippen LogP contribution in [0.2, 0.25) is 0 Å². The van der Waals surface area contributed by atoms with Gasteiger partial charge in [-0.05, 0) is 19.8 Å². The number of carbonyl (C=O) groups is 1. The summed E-state index contributed by atoms with van der Waals surface area (Å²) in [5.74, 6) is -0.490. The standard InChI is InChI=1S/C14H17N3O5.H2O/c1-9-12(14(18)15-10-5-3-2-4-6-10)7-11(16(19)20)8-13(9)17(21)22;/h7-8,10H,2-6H2,1H3,(H,15,18);1H2. The fraction of sp³-hybridized carbons (Fsp3) is 0.500. The Kier molecular flexibility index (Phi) is 6.14. The Hall–Kier alpha value is -2.55. The van der Waals surface area contributed by atoms with Crippen molar-refractivity contribution in [2.45, 2.75) is 45.1 Å². The van der Waals surface area contributed by atoms with E-state index in [2.05, 4.69) is 5.32 Å². The Morgan fingerprint density at radius 1 is 1.13 bits per heavy atom. The summed E-state index contributed by atoms with van der Waals surface area (Å²) in [6.07, 6.45) is 4.91. The highest BCUT2D eigenvalue weighted by Gasteiger charge is 2.26. The number of hydrogen-bond acceptors (Lipinski definition) is 5. The molecule has 0 aliphatic heterocycles. The van der Waals surface area contributed by atoms with Gasteiger partial charge in [0.2, 0.25) is 0 Å². The molecule has 0 unspecified atom stereocenters. The first-order chi connectivity index (χ1) is 10.4. The van der Waals surface area contributed by atoms with E-state index in [1.54, 1.807) is 0 Å². The lowest BCUT2D eigenvalue weighted by molar-refractivity contribution is -0.394. The molecule has 1 fully saturated rings. The molecule has 0 heterocycles. The normalized spacial score (nSPS) is 14.7. The van der Waals surface area contributed by atoms with E-state index in [4.69, 9.17) is 0 Å². The van der Waals surface area contributed by atoms with Gasteiger partial charge in [-0.15, -0.1) is 0 Å². The van der Waals surface area contributed by atoms with Crippen molar-refractivity contribution in [2.24, 2.45) is 0 Å². The van der Waals surface area contributed by atoms with Crippen molar-refractivity contribution in [3.8, 4) is 0 Å². The predicted octanol–water partition coefficient (Wildman–Crippen LogP) is 2.05. The van der Waals surface area contributed by atoms with E-state index in [-0.39, 0.29) is 22.6 Å². The van der Waals surface area contributed by atoms with Gasteiger partial charge in [0, 0.05) is 17.7 Å². The smallest absolute Gasteiger partial charge is 0.279 e. The van der Waals surface area contributed by atoms with E-state index in [0.717, 1.165) is 44.2 Å². The average molecular weight is 325 g/mol. The van der Waals surface area contributed by atoms with Gasteiger partial charge in [0.1, 0.15) is 0 Å². The maximum Gasteiger partial charge on any atom is 0.279 e. The second-order valence-corrected chi connectivity index (χ2v) is 5.46. The fourth-order valence-corrected chi connectivity index (χ4v) is 2.73. The molecule has 3 N–H and O–H groups in total. The average Bonchev–Trinajstić information content (AvgIpc) is 2.47. The summed E-state index contributed by atoms with van der Waals surface area (Å²) in [5.41, 5.74) is -0.732. The molecule has 1 aromatic carbocycles. The van der Waals surface area contributed by atoms with Crippen molar-refractivity contribution >= 4 is 17.3 Å². The molecule has 0 saturated heterocycles. The van der Waals surface area contributed by atoms with Crippen LogP contribution in [-0.4, -0.2) is 27.3 Å². The second kappa shape index (κ2) is 7.63. The highest BCUT2D eigenvalue weighted by Crippen LogP contribution is 2.28. The molecule has 1 aliphatic rings. The molecular weight excluding hydrogens is 306 g/mol. The van der Waals surface area contributed by atoms with Gasteiger partial charge in [-0.25, -0.2) is 0 Å². The fourth-order valence-electron chi connectivity index (χ4n) is 2.73. The van der Waals surface area contributed by atoms with Gasteiger partial charge in [-0.2, -0.15) is 0 Å². The van der Waals surface area contributed by atoms with Gasteiger partial charge in [0.15, 0.2) is 0 Å². The van der Waals surface area contributed by atoms with Crippen LogP contribution in [0.1, 0.15) is 48.0 Å². The summed E-state index contributed by atoms with van der Waals surface area (Å²) >= 11 is 0. The lowest BCUT2D eigenvalue weighted by atomic mass is 9.95. The van der Waals surface area contributed by atoms with Crippen molar-refractivity contribution in [1.29, 1.82) is 0 Å². The molecule has 1 amide bonds. The zero-order chi connectivity index (χ0) is 16.3. The van der Waals surface area contributed by atoms with Crippen LogP contribution in [-0.2, 0) is 0 Å². The molecule has 0 bridgehead atoms. The quantitative estimate of drug-likeness (QED) is 0.664. The molecular formula is C14H19N3O6. The highest BCUT2D eigenvalue weighted by molar-refractivity contribution is 5.97. The molecule has 1 saturated carbocycles. The molecule has 0 aromatic heterocycles. The van der Waals surface area contributed by atoms with Crippen LogP contribution in [0.25, 0.3) is 0 Å². The van der Waals surface area contributed by atoms with Crippen LogP contribution in [0.4, 0.5) is 11.4 Å². The minimum absolute atomic E-state index is 0. The maximum absolute atomic E-state index is 12.3. The summed E-state index contributed by atoms with van der Waals surface area (Å²) in [6.45, 7) is 1.43. The minimum Gasteiger partial charge on any atom is -0.412 e. The van der Waals surface area contributed by atoms with Gasteiger partial charge in [-0.1, -0.05) is 19.3 Å². The number of non-ortho nitro benzene ring substituents is 1. The topological polar surface area (TPSA) is 147 Å². The molecule has 1 aliphatic carbocycles. The molecule has 2 rings (SSSR count). The first-order valence-electron chi connectivity index (χ1n) is 7.14. The minimum atomic E-state index is -0.732. The van der Waals surface area contributed by atoms with E-state index in [1.165, 1.54) is 6.92 Å². The third-order valence-electron chi connectivity index (χ3n) is 3.96. The largest absolute Gasteiger partial charge is 0.412 e. The first kappa shape index (κ1) is 18.5. The lowest BCUT2D eigenvalue weighted by Gasteiger charge is -2.23. The van der Waals surface area contributed by atoms with Gasteiger partial charge >= 0.3 is 0 Å². The molecule has 126 valence electrons. The molecule has 9 heteroatoms. The van der Waals surface area contributed by atoms with E-state index in [9.17, 15) is 25.0 Å². The first-order valence-corrected chi connectivity index (χ1v) is 7.14. The van der Waals surface area contributed by atoms with Crippen LogP contribution >= 0.6 is 0 Å². The Labute approximate surface area is 132 Å². The Morgan fingerprint density at radius 3 is 2.26 bits per heavy atom. The number of benzene rings is 1. The van der Waals surface area contributed by atoms with Crippen molar-refractivity contribution in [3.63, 3.8) is 0 Å². The third-order valence-corrected chi connectivity index (χ3v) is 3.96. The molecule has 0 atom stereocenters. The zero-order valence-electron chi connectivity index (χ0n) is 12.7. The molecule has 0 spiro atoms.